The summed E-state index contributed by atoms with van der Waals surface area (Å²) in [6.07, 6.45) is 4.13. The number of nitrogens with zero attached hydrogens (tertiary/aromatic N) is 2. The Morgan fingerprint density at radius 3 is 2.21 bits per heavy atom. The van der Waals surface area contributed by atoms with E-state index in [1.165, 1.54) is 25.9 Å². The summed E-state index contributed by atoms with van der Waals surface area (Å²) in [5.74, 6) is 0. The van der Waals surface area contributed by atoms with E-state index in [-0.39, 0.29) is 5.41 Å². The summed E-state index contributed by atoms with van der Waals surface area (Å²) in [7, 11) is 0. The van der Waals surface area contributed by atoms with Crippen molar-refractivity contribution in [1.29, 1.82) is 5.26 Å². The first-order valence-electron chi connectivity index (χ1n) is 7.60. The van der Waals surface area contributed by atoms with Crippen LogP contribution in [0.3, 0.4) is 0 Å². The lowest BCUT2D eigenvalue weighted by Gasteiger charge is -2.41. The minimum atomic E-state index is 0.233. The normalized spacial score (nSPS) is 19.4. The van der Waals surface area contributed by atoms with Gasteiger partial charge in [-0.25, -0.2) is 0 Å². The zero-order chi connectivity index (χ0) is 14.5. The van der Waals surface area contributed by atoms with E-state index in [4.69, 9.17) is 5.26 Å². The monoisotopic (exact) mass is 265 g/mol. The molecule has 1 heterocycles. The number of piperidine rings is 1. The van der Waals surface area contributed by atoms with Crippen LogP contribution in [0.15, 0.2) is 0 Å². The summed E-state index contributed by atoms with van der Waals surface area (Å²) in [5, 5.41) is 12.4. The van der Waals surface area contributed by atoms with Crippen molar-refractivity contribution >= 4 is 0 Å². The second-order valence-corrected chi connectivity index (χ2v) is 7.64. The third-order valence-electron chi connectivity index (χ3n) is 4.23. The van der Waals surface area contributed by atoms with Crippen molar-refractivity contribution in [2.75, 3.05) is 19.6 Å². The molecule has 3 nitrogen and oxygen atoms in total. The van der Waals surface area contributed by atoms with E-state index in [1.54, 1.807) is 0 Å². The van der Waals surface area contributed by atoms with Crippen LogP contribution in [0.2, 0.25) is 0 Å². The van der Waals surface area contributed by atoms with E-state index >= 15 is 0 Å². The van der Waals surface area contributed by atoms with Gasteiger partial charge in [0.1, 0.15) is 0 Å². The molecule has 0 bridgehead atoms. The predicted octanol–water partition coefficient (Wildman–Crippen LogP) is 3.17. The smallest absolute Gasteiger partial charge is 0.0621 e. The van der Waals surface area contributed by atoms with Gasteiger partial charge < -0.3 is 5.32 Å². The van der Waals surface area contributed by atoms with Crippen molar-refractivity contribution in [2.24, 2.45) is 5.41 Å². The summed E-state index contributed by atoms with van der Waals surface area (Å²) in [5.41, 5.74) is 0.536. The zero-order valence-electron chi connectivity index (χ0n) is 13.4. The molecule has 110 valence electrons. The molecule has 0 aromatic heterocycles. The number of hydrogen-bond acceptors (Lipinski definition) is 3. The van der Waals surface area contributed by atoms with Gasteiger partial charge in [-0.3, -0.25) is 4.90 Å². The minimum absolute atomic E-state index is 0.233. The van der Waals surface area contributed by atoms with Crippen molar-refractivity contribution in [3.63, 3.8) is 0 Å². The molecule has 1 aliphatic heterocycles. The molecule has 0 radical (unpaired) electrons. The largest absolute Gasteiger partial charge is 0.313 e. The van der Waals surface area contributed by atoms with Crippen molar-refractivity contribution in [2.45, 2.75) is 71.9 Å². The maximum atomic E-state index is 8.68. The van der Waals surface area contributed by atoms with Gasteiger partial charge in [-0.05, 0) is 45.4 Å². The molecule has 0 aromatic carbocycles. The summed E-state index contributed by atoms with van der Waals surface area (Å²) < 4.78 is 0. The fraction of sp³-hybridized carbons (Fsp3) is 0.938. The zero-order valence-corrected chi connectivity index (χ0v) is 13.4. The van der Waals surface area contributed by atoms with Crippen molar-refractivity contribution in [3.8, 4) is 6.07 Å². The summed E-state index contributed by atoms with van der Waals surface area (Å²) in [6, 6.07) is 2.90. The van der Waals surface area contributed by atoms with Crippen LogP contribution in [-0.4, -0.2) is 36.1 Å². The first kappa shape index (κ1) is 16.5. The Balaban J connectivity index is 2.28. The Hall–Kier alpha value is -0.590. The second kappa shape index (κ2) is 6.72. The molecule has 0 aromatic rings. The standard InChI is InChI=1S/C16H31N3/c1-15(2,3)19-11-7-14(8-12-19)18-13-16(4,5)9-6-10-17/h14,18H,6-9,11-13H2,1-5H3. The molecule has 0 atom stereocenters. The first-order chi connectivity index (χ1) is 8.74. The van der Waals surface area contributed by atoms with Crippen molar-refractivity contribution in [3.05, 3.63) is 0 Å². The van der Waals surface area contributed by atoms with Crippen LogP contribution < -0.4 is 5.32 Å². The molecule has 3 heteroatoms. The number of nitrogens with one attached hydrogen (secondary N) is 1. The van der Waals surface area contributed by atoms with Gasteiger partial charge in [0, 0.05) is 37.6 Å². The van der Waals surface area contributed by atoms with Gasteiger partial charge in [0.25, 0.3) is 0 Å². The molecule has 0 amide bonds. The van der Waals surface area contributed by atoms with Gasteiger partial charge in [-0.1, -0.05) is 13.8 Å². The topological polar surface area (TPSA) is 39.1 Å². The number of likely N-dealkylation sites (tertiary alicyclic amines) is 1. The Morgan fingerprint density at radius 2 is 1.74 bits per heavy atom. The lowest BCUT2D eigenvalue weighted by molar-refractivity contribution is 0.0935. The van der Waals surface area contributed by atoms with Crippen LogP contribution >= 0.6 is 0 Å². The Bertz CT molecular complexity index is 301. The van der Waals surface area contributed by atoms with Crippen LogP contribution in [0.1, 0.15) is 60.3 Å². The second-order valence-electron chi connectivity index (χ2n) is 7.64. The molecule has 0 unspecified atom stereocenters. The average molecular weight is 265 g/mol. The van der Waals surface area contributed by atoms with Gasteiger partial charge in [0.05, 0.1) is 6.07 Å². The number of rotatable bonds is 5. The quantitative estimate of drug-likeness (QED) is 0.830. The highest BCUT2D eigenvalue weighted by atomic mass is 15.2. The van der Waals surface area contributed by atoms with Crippen LogP contribution in [0.5, 0.6) is 0 Å². The number of hydrogen-bond donors (Lipinski definition) is 1. The van der Waals surface area contributed by atoms with E-state index in [9.17, 15) is 0 Å². The first-order valence-corrected chi connectivity index (χ1v) is 7.60. The van der Waals surface area contributed by atoms with Gasteiger partial charge in [0.15, 0.2) is 0 Å². The molecule has 1 saturated heterocycles. The van der Waals surface area contributed by atoms with E-state index in [2.05, 4.69) is 50.9 Å². The maximum absolute atomic E-state index is 8.68. The highest BCUT2D eigenvalue weighted by Crippen LogP contribution is 2.23. The Morgan fingerprint density at radius 1 is 1.16 bits per heavy atom. The molecular formula is C16H31N3. The van der Waals surface area contributed by atoms with Crippen LogP contribution in [0.4, 0.5) is 0 Å². The van der Waals surface area contributed by atoms with Gasteiger partial charge in [0.2, 0.25) is 0 Å². The highest BCUT2D eigenvalue weighted by Gasteiger charge is 2.27. The number of nitriles is 1. The Kier molecular flexibility index (Phi) is 5.82. The molecule has 1 rings (SSSR count). The van der Waals surface area contributed by atoms with E-state index in [0.717, 1.165) is 13.0 Å². The third kappa shape index (κ3) is 5.93. The minimum Gasteiger partial charge on any atom is -0.313 e. The van der Waals surface area contributed by atoms with E-state index in [1.807, 2.05) is 0 Å². The van der Waals surface area contributed by atoms with Gasteiger partial charge in [-0.2, -0.15) is 5.26 Å². The molecule has 0 aliphatic carbocycles. The maximum Gasteiger partial charge on any atom is 0.0621 e. The van der Waals surface area contributed by atoms with Crippen molar-refractivity contribution < 1.29 is 0 Å². The molecule has 1 aliphatic rings. The Labute approximate surface area is 119 Å². The van der Waals surface area contributed by atoms with Gasteiger partial charge >= 0.3 is 0 Å². The predicted molar refractivity (Wildman–Crippen MR) is 81.0 cm³/mol. The SMILES string of the molecule is CC(C)(CCC#N)CNC1CCN(C(C)(C)C)CC1. The summed E-state index contributed by atoms with van der Waals surface area (Å²) >= 11 is 0. The van der Waals surface area contributed by atoms with Crippen molar-refractivity contribution in [1.82, 2.24) is 10.2 Å². The summed E-state index contributed by atoms with van der Waals surface area (Å²) in [4.78, 5) is 2.58. The van der Waals surface area contributed by atoms with Gasteiger partial charge in [-0.15, -0.1) is 0 Å². The van der Waals surface area contributed by atoms with Crippen LogP contribution in [0.25, 0.3) is 0 Å². The fourth-order valence-corrected chi connectivity index (χ4v) is 2.66. The molecule has 0 spiro atoms. The fourth-order valence-electron chi connectivity index (χ4n) is 2.66. The summed E-state index contributed by atoms with van der Waals surface area (Å²) in [6.45, 7) is 14.8. The van der Waals surface area contributed by atoms with E-state index < -0.39 is 0 Å². The lowest BCUT2D eigenvalue weighted by atomic mass is 9.87. The molecule has 1 N–H and O–H groups in total. The molecular weight excluding hydrogens is 234 g/mol. The highest BCUT2D eigenvalue weighted by molar-refractivity contribution is 4.86. The van der Waals surface area contributed by atoms with E-state index in [0.29, 0.717) is 18.0 Å². The average Bonchev–Trinajstić information content (AvgIpc) is 2.34. The molecule has 1 fully saturated rings. The lowest BCUT2D eigenvalue weighted by Crippen LogP contribution is -2.50. The molecule has 19 heavy (non-hydrogen) atoms. The van der Waals surface area contributed by atoms with Crippen LogP contribution in [-0.2, 0) is 0 Å². The molecule has 0 saturated carbocycles. The third-order valence-corrected chi connectivity index (χ3v) is 4.23. The van der Waals surface area contributed by atoms with Crippen LogP contribution in [0, 0.1) is 16.7 Å².